The first-order chi connectivity index (χ1) is 9.11. The third-order valence-electron chi connectivity index (χ3n) is 3.50. The number of para-hydroxylation sites is 1. The van der Waals surface area contributed by atoms with Gasteiger partial charge in [-0.2, -0.15) is 0 Å². The van der Waals surface area contributed by atoms with Crippen molar-refractivity contribution >= 4 is 24.0 Å². The molecular weight excluding hydrogens is 276 g/mol. The Bertz CT molecular complexity index is 451. The summed E-state index contributed by atoms with van der Waals surface area (Å²) in [5.41, 5.74) is 7.58. The van der Waals surface area contributed by atoms with Gasteiger partial charge in [0.05, 0.1) is 6.10 Å². The van der Waals surface area contributed by atoms with Gasteiger partial charge in [0.1, 0.15) is 6.10 Å². The van der Waals surface area contributed by atoms with E-state index in [0.717, 1.165) is 24.1 Å². The second-order valence-corrected chi connectivity index (χ2v) is 5.29. The predicted octanol–water partition coefficient (Wildman–Crippen LogP) is 2.68. The number of ether oxygens (including phenoxy) is 1. The molecule has 1 aromatic carbocycles. The van der Waals surface area contributed by atoms with Crippen LogP contribution in [-0.4, -0.2) is 24.7 Å². The van der Waals surface area contributed by atoms with Gasteiger partial charge in [-0.05, 0) is 30.4 Å². The van der Waals surface area contributed by atoms with E-state index in [0.29, 0.717) is 12.5 Å². The fourth-order valence-corrected chi connectivity index (χ4v) is 2.40. The van der Waals surface area contributed by atoms with Crippen LogP contribution in [0.3, 0.4) is 0 Å². The minimum atomic E-state index is -0.367. The van der Waals surface area contributed by atoms with Crippen LogP contribution in [0.15, 0.2) is 24.3 Å². The van der Waals surface area contributed by atoms with Gasteiger partial charge in [-0.15, -0.1) is 12.4 Å². The van der Waals surface area contributed by atoms with E-state index in [1.54, 1.807) is 0 Å². The minimum Gasteiger partial charge on any atom is -0.364 e. The largest absolute Gasteiger partial charge is 0.364 e. The molecule has 0 unspecified atom stereocenters. The average molecular weight is 299 g/mol. The number of nitrogens with one attached hydrogen (secondary N) is 1. The standard InChI is InChI=1S/C15H22N2O2.ClH/c1-10(2)12-5-3-4-6-13(12)17-15(18)14-8-7-11(9-16)19-14;/h3-6,10-11,14H,7-9,16H2,1-2H3,(H,17,18);1H/t11-,14+;/m1./s1. The van der Waals surface area contributed by atoms with Gasteiger partial charge in [0, 0.05) is 12.2 Å². The second kappa shape index (κ2) is 7.62. The lowest BCUT2D eigenvalue weighted by molar-refractivity contribution is -0.126. The highest BCUT2D eigenvalue weighted by molar-refractivity contribution is 5.95. The predicted molar refractivity (Wildman–Crippen MR) is 83.4 cm³/mol. The maximum Gasteiger partial charge on any atom is 0.253 e. The van der Waals surface area contributed by atoms with Crippen LogP contribution in [0.1, 0.15) is 38.2 Å². The van der Waals surface area contributed by atoms with Gasteiger partial charge in [0.25, 0.3) is 5.91 Å². The summed E-state index contributed by atoms with van der Waals surface area (Å²) in [6.45, 7) is 4.70. The summed E-state index contributed by atoms with van der Waals surface area (Å²) in [5.74, 6) is 0.307. The Morgan fingerprint density at radius 3 is 2.70 bits per heavy atom. The molecule has 1 aromatic rings. The van der Waals surface area contributed by atoms with Crippen molar-refractivity contribution in [3.63, 3.8) is 0 Å². The molecule has 0 radical (unpaired) electrons. The first kappa shape index (κ1) is 17.0. The van der Waals surface area contributed by atoms with Crippen LogP contribution >= 0.6 is 12.4 Å². The van der Waals surface area contributed by atoms with Gasteiger partial charge in [0.15, 0.2) is 0 Å². The summed E-state index contributed by atoms with van der Waals surface area (Å²) < 4.78 is 5.61. The average Bonchev–Trinajstić information content (AvgIpc) is 2.88. The van der Waals surface area contributed by atoms with Crippen molar-refractivity contribution in [1.82, 2.24) is 0 Å². The normalized spacial score (nSPS) is 21.6. The molecule has 1 fully saturated rings. The summed E-state index contributed by atoms with van der Waals surface area (Å²) in [4.78, 5) is 12.2. The van der Waals surface area contributed by atoms with Crippen LogP contribution in [0.4, 0.5) is 5.69 Å². The van der Waals surface area contributed by atoms with Crippen LogP contribution in [0, 0.1) is 0 Å². The Labute approximate surface area is 126 Å². The minimum absolute atomic E-state index is 0. The molecule has 2 atom stereocenters. The number of benzene rings is 1. The van der Waals surface area contributed by atoms with E-state index in [2.05, 4.69) is 19.2 Å². The highest BCUT2D eigenvalue weighted by Crippen LogP contribution is 2.25. The van der Waals surface area contributed by atoms with E-state index in [4.69, 9.17) is 10.5 Å². The molecule has 0 bridgehead atoms. The molecular formula is C15H23ClN2O2. The zero-order chi connectivity index (χ0) is 13.8. The van der Waals surface area contributed by atoms with Gasteiger partial charge in [0.2, 0.25) is 0 Å². The number of halogens is 1. The smallest absolute Gasteiger partial charge is 0.253 e. The third kappa shape index (κ3) is 3.95. The third-order valence-corrected chi connectivity index (χ3v) is 3.50. The molecule has 1 aliphatic heterocycles. The fraction of sp³-hybridized carbons (Fsp3) is 0.533. The Hall–Kier alpha value is -1.10. The lowest BCUT2D eigenvalue weighted by Gasteiger charge is -2.16. The van der Waals surface area contributed by atoms with E-state index >= 15 is 0 Å². The van der Waals surface area contributed by atoms with Crippen LogP contribution in [0.5, 0.6) is 0 Å². The molecule has 0 aliphatic carbocycles. The summed E-state index contributed by atoms with van der Waals surface area (Å²) in [5, 5.41) is 2.97. The van der Waals surface area contributed by atoms with Crippen molar-refractivity contribution in [1.29, 1.82) is 0 Å². The molecule has 1 aliphatic rings. The number of amides is 1. The SMILES string of the molecule is CC(C)c1ccccc1NC(=O)[C@@H]1CC[C@H](CN)O1.Cl. The molecule has 5 heteroatoms. The van der Waals surface area contributed by atoms with Gasteiger partial charge in [-0.25, -0.2) is 0 Å². The number of anilines is 1. The molecule has 0 aromatic heterocycles. The highest BCUT2D eigenvalue weighted by Gasteiger charge is 2.30. The Morgan fingerprint density at radius 1 is 1.40 bits per heavy atom. The molecule has 2 rings (SSSR count). The van der Waals surface area contributed by atoms with E-state index in [9.17, 15) is 4.79 Å². The fourth-order valence-electron chi connectivity index (χ4n) is 2.40. The maximum atomic E-state index is 12.2. The molecule has 1 heterocycles. The summed E-state index contributed by atoms with van der Waals surface area (Å²) in [7, 11) is 0. The van der Waals surface area contributed by atoms with Crippen LogP contribution in [0.2, 0.25) is 0 Å². The summed E-state index contributed by atoms with van der Waals surface area (Å²) >= 11 is 0. The van der Waals surface area contributed by atoms with Crippen molar-refractivity contribution in [3.8, 4) is 0 Å². The second-order valence-electron chi connectivity index (χ2n) is 5.29. The van der Waals surface area contributed by atoms with Crippen molar-refractivity contribution < 1.29 is 9.53 Å². The summed E-state index contributed by atoms with van der Waals surface area (Å²) in [6, 6.07) is 7.89. The van der Waals surface area contributed by atoms with Crippen molar-refractivity contribution in [2.24, 2.45) is 5.73 Å². The maximum absolute atomic E-state index is 12.2. The van der Waals surface area contributed by atoms with Crippen LogP contribution < -0.4 is 11.1 Å². The van der Waals surface area contributed by atoms with E-state index < -0.39 is 0 Å². The molecule has 1 amide bonds. The quantitative estimate of drug-likeness (QED) is 0.898. The molecule has 0 spiro atoms. The van der Waals surface area contributed by atoms with Crippen LogP contribution in [0.25, 0.3) is 0 Å². The van der Waals surface area contributed by atoms with Gasteiger partial charge in [-0.1, -0.05) is 32.0 Å². The van der Waals surface area contributed by atoms with Gasteiger partial charge >= 0.3 is 0 Å². The number of carbonyl (C=O) groups is 1. The van der Waals surface area contributed by atoms with Gasteiger partial charge in [-0.3, -0.25) is 4.79 Å². The Morgan fingerprint density at radius 2 is 2.10 bits per heavy atom. The Kier molecular flexibility index (Phi) is 6.46. The zero-order valence-corrected chi connectivity index (χ0v) is 12.8. The van der Waals surface area contributed by atoms with Crippen LogP contribution in [-0.2, 0) is 9.53 Å². The lowest BCUT2D eigenvalue weighted by Crippen LogP contribution is -2.30. The Balaban J connectivity index is 0.00000200. The lowest BCUT2D eigenvalue weighted by atomic mass is 10.0. The van der Waals surface area contributed by atoms with Crippen molar-refractivity contribution in [2.75, 3.05) is 11.9 Å². The number of carbonyl (C=O) groups excluding carboxylic acids is 1. The molecule has 4 nitrogen and oxygen atoms in total. The summed E-state index contributed by atoms with van der Waals surface area (Å²) in [6.07, 6.45) is 1.27. The van der Waals surface area contributed by atoms with E-state index in [-0.39, 0.29) is 30.5 Å². The van der Waals surface area contributed by atoms with Crippen molar-refractivity contribution in [2.45, 2.75) is 44.8 Å². The molecule has 20 heavy (non-hydrogen) atoms. The molecule has 112 valence electrons. The zero-order valence-electron chi connectivity index (χ0n) is 12.0. The molecule has 3 N–H and O–H groups in total. The number of rotatable bonds is 4. The van der Waals surface area contributed by atoms with Crippen molar-refractivity contribution in [3.05, 3.63) is 29.8 Å². The molecule has 1 saturated heterocycles. The van der Waals surface area contributed by atoms with E-state index in [1.807, 2.05) is 24.3 Å². The topological polar surface area (TPSA) is 64.4 Å². The first-order valence-electron chi connectivity index (χ1n) is 6.87. The number of hydrogen-bond donors (Lipinski definition) is 2. The monoisotopic (exact) mass is 298 g/mol. The number of nitrogens with two attached hydrogens (primary N) is 1. The highest BCUT2D eigenvalue weighted by atomic mass is 35.5. The molecule has 0 saturated carbocycles. The van der Waals surface area contributed by atoms with Gasteiger partial charge < -0.3 is 15.8 Å². The number of hydrogen-bond acceptors (Lipinski definition) is 3. The van der Waals surface area contributed by atoms with E-state index in [1.165, 1.54) is 0 Å². The first-order valence-corrected chi connectivity index (χ1v) is 6.87.